The van der Waals surface area contributed by atoms with Crippen LogP contribution in [0.25, 0.3) is 0 Å². The van der Waals surface area contributed by atoms with Gasteiger partial charge in [-0.3, -0.25) is 10.1 Å². The Morgan fingerprint density at radius 1 is 1.50 bits per heavy atom. The van der Waals surface area contributed by atoms with Crippen LogP contribution in [0.1, 0.15) is 6.92 Å². The lowest BCUT2D eigenvalue weighted by molar-refractivity contribution is -0.384. The molecule has 1 atom stereocenters. The monoisotopic (exact) mass is 315 g/mol. The van der Waals surface area contributed by atoms with Gasteiger partial charge in [-0.2, -0.15) is 28.5 Å². The second-order valence-corrected chi connectivity index (χ2v) is 6.72. The van der Waals surface area contributed by atoms with Crippen LogP contribution >= 0.6 is 23.5 Å². The van der Waals surface area contributed by atoms with Gasteiger partial charge in [0, 0.05) is 35.6 Å². The van der Waals surface area contributed by atoms with E-state index in [4.69, 9.17) is 0 Å². The zero-order valence-corrected chi connectivity index (χ0v) is 12.8. The smallest absolute Gasteiger partial charge is 0.329 e. The van der Waals surface area contributed by atoms with Crippen LogP contribution in [0.3, 0.4) is 0 Å². The number of nitro groups is 1. The zero-order valence-electron chi connectivity index (χ0n) is 11.2. The molecule has 1 fully saturated rings. The number of nitrogens with one attached hydrogen (secondary N) is 2. The number of anilines is 2. The van der Waals surface area contributed by atoms with Crippen LogP contribution in [-0.2, 0) is 0 Å². The number of thioether (sulfide) groups is 2. The van der Waals surface area contributed by atoms with Crippen molar-refractivity contribution in [3.63, 3.8) is 0 Å². The van der Waals surface area contributed by atoms with E-state index in [-0.39, 0.29) is 11.5 Å². The molecule has 9 heteroatoms. The molecule has 1 aliphatic heterocycles. The molecule has 2 rings (SSSR count). The van der Waals surface area contributed by atoms with Gasteiger partial charge in [-0.1, -0.05) is 0 Å². The molecule has 0 saturated carbocycles. The molecule has 7 nitrogen and oxygen atoms in total. The summed E-state index contributed by atoms with van der Waals surface area (Å²) in [6, 6.07) is 0. The normalized spacial score (nSPS) is 18.6. The Labute approximate surface area is 125 Å². The fraction of sp³-hybridized carbons (Fsp3) is 0.636. The highest BCUT2D eigenvalue weighted by Crippen LogP contribution is 2.26. The van der Waals surface area contributed by atoms with E-state index in [2.05, 4.69) is 20.6 Å². The third-order valence-electron chi connectivity index (χ3n) is 2.68. The van der Waals surface area contributed by atoms with Gasteiger partial charge in [-0.05, 0) is 6.92 Å². The first kappa shape index (κ1) is 15.2. The second kappa shape index (κ2) is 7.53. The summed E-state index contributed by atoms with van der Waals surface area (Å²) < 4.78 is 0. The van der Waals surface area contributed by atoms with Gasteiger partial charge < -0.3 is 10.6 Å². The largest absolute Gasteiger partial charge is 0.363 e. The lowest BCUT2D eigenvalue weighted by Crippen LogP contribution is -2.24. The van der Waals surface area contributed by atoms with Gasteiger partial charge in [-0.15, -0.1) is 0 Å². The van der Waals surface area contributed by atoms with Crippen molar-refractivity contribution in [3.8, 4) is 0 Å². The molecular weight excluding hydrogens is 298 g/mol. The van der Waals surface area contributed by atoms with Crippen molar-refractivity contribution in [2.45, 2.75) is 12.2 Å². The molecule has 1 aliphatic rings. The van der Waals surface area contributed by atoms with Crippen LogP contribution in [0.4, 0.5) is 17.5 Å². The fourth-order valence-electron chi connectivity index (χ4n) is 1.75. The van der Waals surface area contributed by atoms with E-state index in [1.807, 2.05) is 30.4 Å². The zero-order chi connectivity index (χ0) is 14.4. The minimum atomic E-state index is -0.458. The average molecular weight is 315 g/mol. The van der Waals surface area contributed by atoms with Crippen LogP contribution in [0.5, 0.6) is 0 Å². The highest BCUT2D eigenvalue weighted by molar-refractivity contribution is 8.06. The Bertz CT molecular complexity index is 468. The first-order valence-electron chi connectivity index (χ1n) is 6.39. The fourth-order valence-corrected chi connectivity index (χ4v) is 4.36. The summed E-state index contributed by atoms with van der Waals surface area (Å²) in [5.74, 6) is 4.07. The van der Waals surface area contributed by atoms with Crippen molar-refractivity contribution in [2.24, 2.45) is 0 Å². The highest BCUT2D eigenvalue weighted by atomic mass is 32.2. The molecule has 0 aromatic carbocycles. The summed E-state index contributed by atoms with van der Waals surface area (Å²) in [4.78, 5) is 18.6. The van der Waals surface area contributed by atoms with Crippen molar-refractivity contribution in [1.29, 1.82) is 0 Å². The van der Waals surface area contributed by atoms with Gasteiger partial charge in [0.05, 0.1) is 4.92 Å². The average Bonchev–Trinajstić information content (AvgIpc) is 2.46. The summed E-state index contributed by atoms with van der Waals surface area (Å²) in [5.41, 5.74) is -0.0832. The molecule has 110 valence electrons. The van der Waals surface area contributed by atoms with Crippen LogP contribution in [0.15, 0.2) is 6.20 Å². The maximum absolute atomic E-state index is 11.0. The summed E-state index contributed by atoms with van der Waals surface area (Å²) in [6.07, 6.45) is 1.25. The molecule has 0 spiro atoms. The Kier molecular flexibility index (Phi) is 5.72. The molecule has 1 aromatic rings. The predicted octanol–water partition coefficient (Wildman–Crippen LogP) is 2.08. The van der Waals surface area contributed by atoms with Gasteiger partial charge >= 0.3 is 5.69 Å². The minimum Gasteiger partial charge on any atom is -0.363 e. The van der Waals surface area contributed by atoms with Crippen LogP contribution in [0.2, 0.25) is 0 Å². The first-order chi connectivity index (χ1) is 9.70. The molecule has 1 saturated heterocycles. The molecule has 0 radical (unpaired) electrons. The Morgan fingerprint density at radius 2 is 2.35 bits per heavy atom. The van der Waals surface area contributed by atoms with Crippen LogP contribution < -0.4 is 10.6 Å². The molecule has 0 bridgehead atoms. The molecule has 0 amide bonds. The van der Waals surface area contributed by atoms with E-state index in [0.29, 0.717) is 24.3 Å². The molecule has 2 heterocycles. The van der Waals surface area contributed by atoms with Crippen molar-refractivity contribution >= 4 is 41.0 Å². The SMILES string of the molecule is CCNc1ncc([N+](=O)[O-])c(NCC2CSCCS2)n1. The van der Waals surface area contributed by atoms with Crippen LogP contribution in [0, 0.1) is 10.1 Å². The van der Waals surface area contributed by atoms with Gasteiger partial charge in [0.15, 0.2) is 0 Å². The van der Waals surface area contributed by atoms with E-state index in [1.165, 1.54) is 11.9 Å². The number of aromatic nitrogens is 2. The number of hydrogen-bond acceptors (Lipinski definition) is 8. The quantitative estimate of drug-likeness (QED) is 0.609. The molecular formula is C11H17N5O2S2. The number of nitrogens with zero attached hydrogens (tertiary/aromatic N) is 3. The molecule has 1 aromatic heterocycles. The van der Waals surface area contributed by atoms with Gasteiger partial charge in [-0.25, -0.2) is 4.98 Å². The maximum atomic E-state index is 11.0. The van der Waals surface area contributed by atoms with Gasteiger partial charge in [0.25, 0.3) is 0 Å². The summed E-state index contributed by atoms with van der Waals surface area (Å²) in [7, 11) is 0. The van der Waals surface area contributed by atoms with Crippen molar-refractivity contribution in [2.75, 3.05) is 41.0 Å². The summed E-state index contributed by atoms with van der Waals surface area (Å²) >= 11 is 3.82. The van der Waals surface area contributed by atoms with Gasteiger partial charge in [0.1, 0.15) is 6.20 Å². The second-order valence-electron chi connectivity index (χ2n) is 4.16. The molecule has 20 heavy (non-hydrogen) atoms. The van der Waals surface area contributed by atoms with E-state index in [0.717, 1.165) is 11.5 Å². The lowest BCUT2D eigenvalue weighted by atomic mass is 10.4. The minimum absolute atomic E-state index is 0.0832. The topological polar surface area (TPSA) is 93.0 Å². The van der Waals surface area contributed by atoms with Crippen LogP contribution in [-0.4, -0.2) is 50.5 Å². The Morgan fingerprint density at radius 3 is 3.00 bits per heavy atom. The van der Waals surface area contributed by atoms with E-state index >= 15 is 0 Å². The van der Waals surface area contributed by atoms with Crippen molar-refractivity contribution in [3.05, 3.63) is 16.3 Å². The first-order valence-corrected chi connectivity index (χ1v) is 8.59. The highest BCUT2D eigenvalue weighted by Gasteiger charge is 2.20. The standard InChI is InChI=1S/C11H17N5O2S2/c1-2-12-11-14-6-9(16(17)18)10(15-11)13-5-8-7-19-3-4-20-8/h6,8H,2-5,7H2,1H3,(H2,12,13,14,15). The third-order valence-corrected chi connectivity index (χ3v) is 5.53. The molecule has 1 unspecified atom stereocenters. The predicted molar refractivity (Wildman–Crippen MR) is 84.9 cm³/mol. The van der Waals surface area contributed by atoms with E-state index < -0.39 is 4.92 Å². The summed E-state index contributed by atoms with van der Waals surface area (Å²) in [5, 5.41) is 17.5. The number of rotatable bonds is 6. The lowest BCUT2D eigenvalue weighted by Gasteiger charge is -2.21. The number of hydrogen-bond donors (Lipinski definition) is 2. The maximum Gasteiger partial charge on any atom is 0.329 e. The third kappa shape index (κ3) is 4.14. The Hall–Kier alpha value is -1.22. The molecule has 0 aliphatic carbocycles. The molecule has 2 N–H and O–H groups in total. The van der Waals surface area contributed by atoms with E-state index in [9.17, 15) is 10.1 Å². The van der Waals surface area contributed by atoms with Crippen molar-refractivity contribution in [1.82, 2.24) is 9.97 Å². The van der Waals surface area contributed by atoms with Gasteiger partial charge in [0.2, 0.25) is 11.8 Å². The summed E-state index contributed by atoms with van der Waals surface area (Å²) in [6.45, 7) is 3.28. The van der Waals surface area contributed by atoms with Crippen molar-refractivity contribution < 1.29 is 4.92 Å². The van der Waals surface area contributed by atoms with E-state index in [1.54, 1.807) is 0 Å². The Balaban J connectivity index is 2.06.